The molecule has 39 heavy (non-hydrogen) atoms. The van der Waals surface area contributed by atoms with Crippen LogP contribution >= 0.6 is 0 Å². The quantitative estimate of drug-likeness (QED) is 0.0487. The van der Waals surface area contributed by atoms with Crippen molar-refractivity contribution in [2.45, 2.75) is 187 Å². The molecular formula is C37H67NO. The van der Waals surface area contributed by atoms with Crippen LogP contribution in [0.3, 0.4) is 0 Å². The molecule has 0 aliphatic carbocycles. The van der Waals surface area contributed by atoms with Crippen LogP contribution < -0.4 is 0 Å². The van der Waals surface area contributed by atoms with Gasteiger partial charge in [0.1, 0.15) is 0 Å². The predicted octanol–water partition coefficient (Wildman–Crippen LogP) is 13.5. The lowest BCUT2D eigenvalue weighted by Crippen LogP contribution is -2.03. The molecule has 0 radical (unpaired) electrons. The molecule has 0 aromatic rings. The van der Waals surface area contributed by atoms with Gasteiger partial charge in [-0.05, 0) is 77.0 Å². The lowest BCUT2D eigenvalue weighted by atomic mass is 10.0. The summed E-state index contributed by atoms with van der Waals surface area (Å²) < 4.78 is 0. The zero-order valence-corrected chi connectivity index (χ0v) is 26.4. The Morgan fingerprint density at radius 2 is 0.718 bits per heavy atom. The van der Waals surface area contributed by atoms with E-state index in [1.807, 2.05) is 0 Å². The Balaban J connectivity index is 3.41. The monoisotopic (exact) mass is 542 g/mol. The van der Waals surface area contributed by atoms with Crippen LogP contribution in [0.15, 0.2) is 53.8 Å². The third kappa shape index (κ3) is 32.7. The minimum atomic E-state index is 0.0571. The van der Waals surface area contributed by atoms with Gasteiger partial charge in [0.15, 0.2) is 0 Å². The molecule has 0 fully saturated rings. The third-order valence-corrected chi connectivity index (χ3v) is 7.63. The summed E-state index contributed by atoms with van der Waals surface area (Å²) in [6, 6.07) is 0.0571. The molecule has 0 unspecified atom stereocenters. The maximum atomic E-state index is 11.2. The SMILES string of the molecule is CCCCC/C=C\C/C=C\CCCCCCCCC(CCCCCCCC/C=C\C/C=C\CCCCC)N=O. The molecule has 0 atom stereocenters. The predicted molar refractivity (Wildman–Crippen MR) is 178 cm³/mol. The van der Waals surface area contributed by atoms with E-state index in [0.29, 0.717) is 0 Å². The Morgan fingerprint density at radius 3 is 1.05 bits per heavy atom. The van der Waals surface area contributed by atoms with E-state index in [-0.39, 0.29) is 6.04 Å². The Kier molecular flexibility index (Phi) is 33.3. The first-order chi connectivity index (χ1) is 19.3. The first-order valence-electron chi connectivity index (χ1n) is 17.3. The largest absolute Gasteiger partial charge is 0.151 e. The molecule has 0 amide bonds. The number of unbranched alkanes of at least 4 members (excludes halogenated alkanes) is 18. The van der Waals surface area contributed by atoms with E-state index in [4.69, 9.17) is 0 Å². The fourth-order valence-corrected chi connectivity index (χ4v) is 4.99. The fraction of sp³-hybridized carbons (Fsp3) is 0.784. The van der Waals surface area contributed by atoms with Gasteiger partial charge >= 0.3 is 0 Å². The number of hydrogen-bond donors (Lipinski definition) is 0. The van der Waals surface area contributed by atoms with Gasteiger partial charge in [-0.15, -0.1) is 0 Å². The van der Waals surface area contributed by atoms with Crippen LogP contribution in [-0.4, -0.2) is 6.04 Å². The summed E-state index contributed by atoms with van der Waals surface area (Å²) in [7, 11) is 0. The molecule has 0 rings (SSSR count). The van der Waals surface area contributed by atoms with Gasteiger partial charge in [-0.25, -0.2) is 0 Å². The van der Waals surface area contributed by atoms with Gasteiger partial charge in [0.2, 0.25) is 0 Å². The van der Waals surface area contributed by atoms with Crippen molar-refractivity contribution < 1.29 is 0 Å². The molecule has 0 saturated carbocycles. The minimum absolute atomic E-state index is 0.0571. The Bertz CT molecular complexity index is 540. The van der Waals surface area contributed by atoms with E-state index in [9.17, 15) is 4.91 Å². The molecule has 0 heterocycles. The van der Waals surface area contributed by atoms with Crippen LogP contribution in [0.1, 0.15) is 181 Å². The Hall–Kier alpha value is -1.44. The molecule has 0 spiro atoms. The normalized spacial score (nSPS) is 12.4. The van der Waals surface area contributed by atoms with E-state index in [1.54, 1.807) is 0 Å². The van der Waals surface area contributed by atoms with Gasteiger partial charge in [0.05, 0.1) is 6.04 Å². The van der Waals surface area contributed by atoms with Crippen molar-refractivity contribution in [2.75, 3.05) is 0 Å². The topological polar surface area (TPSA) is 29.4 Å². The maximum Gasteiger partial charge on any atom is 0.0919 e. The maximum absolute atomic E-state index is 11.2. The second-order valence-electron chi connectivity index (χ2n) is 11.5. The number of nitroso groups, excluding NO2 is 1. The van der Waals surface area contributed by atoms with E-state index >= 15 is 0 Å². The zero-order valence-electron chi connectivity index (χ0n) is 26.4. The van der Waals surface area contributed by atoms with Crippen molar-refractivity contribution in [3.05, 3.63) is 53.5 Å². The second kappa shape index (κ2) is 34.6. The first kappa shape index (κ1) is 37.6. The highest BCUT2D eigenvalue weighted by molar-refractivity contribution is 4.93. The molecule has 0 aromatic carbocycles. The summed E-state index contributed by atoms with van der Waals surface area (Å²) in [6.07, 6.45) is 51.1. The van der Waals surface area contributed by atoms with E-state index in [0.717, 1.165) is 25.7 Å². The Labute approximate surface area is 245 Å². The van der Waals surface area contributed by atoms with Crippen molar-refractivity contribution in [2.24, 2.45) is 5.18 Å². The van der Waals surface area contributed by atoms with Crippen molar-refractivity contribution in [3.63, 3.8) is 0 Å². The van der Waals surface area contributed by atoms with Crippen molar-refractivity contribution in [3.8, 4) is 0 Å². The van der Waals surface area contributed by atoms with Crippen molar-refractivity contribution in [1.82, 2.24) is 0 Å². The number of nitrogens with zero attached hydrogens (tertiary/aromatic N) is 1. The van der Waals surface area contributed by atoms with Gasteiger partial charge in [0, 0.05) is 0 Å². The lowest BCUT2D eigenvalue weighted by Gasteiger charge is -2.09. The highest BCUT2D eigenvalue weighted by atomic mass is 16.3. The number of allylic oxidation sites excluding steroid dienone is 8. The third-order valence-electron chi connectivity index (χ3n) is 7.63. The minimum Gasteiger partial charge on any atom is -0.151 e. The van der Waals surface area contributed by atoms with Crippen LogP contribution in [0, 0.1) is 4.91 Å². The highest BCUT2D eigenvalue weighted by Gasteiger charge is 2.08. The summed E-state index contributed by atoms with van der Waals surface area (Å²) in [4.78, 5) is 11.2. The zero-order chi connectivity index (χ0) is 28.3. The van der Waals surface area contributed by atoms with Crippen LogP contribution in [0.2, 0.25) is 0 Å². The summed E-state index contributed by atoms with van der Waals surface area (Å²) in [5.74, 6) is 0. The molecule has 2 heteroatoms. The second-order valence-corrected chi connectivity index (χ2v) is 11.5. The lowest BCUT2D eigenvalue weighted by molar-refractivity contribution is 0.482. The van der Waals surface area contributed by atoms with E-state index in [1.165, 1.54) is 141 Å². The summed E-state index contributed by atoms with van der Waals surface area (Å²) in [5.41, 5.74) is 0. The molecule has 0 N–H and O–H groups in total. The van der Waals surface area contributed by atoms with Crippen LogP contribution in [0.4, 0.5) is 0 Å². The smallest absolute Gasteiger partial charge is 0.0919 e. The number of hydrogen-bond acceptors (Lipinski definition) is 2. The average molecular weight is 542 g/mol. The average Bonchev–Trinajstić information content (AvgIpc) is 2.95. The van der Waals surface area contributed by atoms with Crippen molar-refractivity contribution in [1.29, 1.82) is 0 Å². The fourth-order valence-electron chi connectivity index (χ4n) is 4.99. The molecule has 0 aliphatic rings. The van der Waals surface area contributed by atoms with E-state index < -0.39 is 0 Å². The van der Waals surface area contributed by atoms with Gasteiger partial charge < -0.3 is 0 Å². The van der Waals surface area contributed by atoms with Gasteiger partial charge in [-0.2, -0.15) is 4.91 Å². The van der Waals surface area contributed by atoms with Gasteiger partial charge in [-0.3, -0.25) is 0 Å². The molecular weight excluding hydrogens is 474 g/mol. The number of rotatable bonds is 31. The van der Waals surface area contributed by atoms with Crippen molar-refractivity contribution >= 4 is 0 Å². The van der Waals surface area contributed by atoms with Crippen LogP contribution in [0.25, 0.3) is 0 Å². The van der Waals surface area contributed by atoms with Crippen LogP contribution in [-0.2, 0) is 0 Å². The Morgan fingerprint density at radius 1 is 0.410 bits per heavy atom. The van der Waals surface area contributed by atoms with Gasteiger partial charge in [0.25, 0.3) is 0 Å². The first-order valence-corrected chi connectivity index (χ1v) is 17.3. The molecule has 226 valence electrons. The summed E-state index contributed by atoms with van der Waals surface area (Å²) in [6.45, 7) is 4.52. The molecule has 0 saturated heterocycles. The molecule has 0 bridgehead atoms. The van der Waals surface area contributed by atoms with E-state index in [2.05, 4.69) is 67.6 Å². The molecule has 2 nitrogen and oxygen atoms in total. The molecule has 0 aromatic heterocycles. The van der Waals surface area contributed by atoms with Crippen LogP contribution in [0.5, 0.6) is 0 Å². The highest BCUT2D eigenvalue weighted by Crippen LogP contribution is 2.17. The summed E-state index contributed by atoms with van der Waals surface area (Å²) >= 11 is 0. The molecule has 0 aliphatic heterocycles. The van der Waals surface area contributed by atoms with Gasteiger partial charge in [-0.1, -0.05) is 158 Å². The standard InChI is InChI=1S/C37H67NO/c1-3-5-7-9-11-13-15-17-19-21-23-25-27-29-31-33-35-37(38-39)36-34-32-30-28-26-24-22-20-18-16-14-12-10-8-6-4-2/h11-14,17-20,37H,3-10,15-16,21-36H2,1-2H3/b13-11-,14-12-,19-17-,20-18-. The summed E-state index contributed by atoms with van der Waals surface area (Å²) in [5, 5.41) is 3.43.